The molecule has 9 nitrogen and oxygen atoms in total. The van der Waals surface area contributed by atoms with Crippen molar-refractivity contribution in [3.8, 4) is 11.5 Å². The van der Waals surface area contributed by atoms with E-state index in [-0.39, 0.29) is 19.3 Å². The number of ether oxygens (including phenoxy) is 3. The Morgan fingerprint density at radius 2 is 2.14 bits per heavy atom. The van der Waals surface area contributed by atoms with Gasteiger partial charge in [-0.1, -0.05) is 16.3 Å². The van der Waals surface area contributed by atoms with Gasteiger partial charge in [-0.2, -0.15) is 0 Å². The van der Waals surface area contributed by atoms with Crippen LogP contribution in [0, 0.1) is 0 Å². The van der Waals surface area contributed by atoms with Crippen LogP contribution < -0.4 is 9.47 Å². The molecule has 0 radical (unpaired) electrons. The minimum Gasteiger partial charge on any atom is -0.493 e. The Balaban J connectivity index is 1.92. The number of carbonyl (C=O) groups excluding carboxylic acids is 1. The van der Waals surface area contributed by atoms with Gasteiger partial charge in [-0.25, -0.2) is 4.79 Å². The number of oxime groups is 1. The second kappa shape index (κ2) is 9.32. The number of benzene rings is 1. The minimum absolute atomic E-state index is 0.00190. The third-order valence-electron chi connectivity index (χ3n) is 4.90. The van der Waals surface area contributed by atoms with E-state index in [1.54, 1.807) is 20.1 Å². The van der Waals surface area contributed by atoms with Gasteiger partial charge >= 0.3 is 5.97 Å². The van der Waals surface area contributed by atoms with Crippen molar-refractivity contribution in [3.63, 3.8) is 0 Å². The number of azide groups is 1. The summed E-state index contributed by atoms with van der Waals surface area (Å²) < 4.78 is 16.7. The zero-order chi connectivity index (χ0) is 19.9. The molecule has 1 aliphatic carbocycles. The number of rotatable bonds is 8. The number of esters is 1. The van der Waals surface area contributed by atoms with E-state index in [4.69, 9.17) is 24.6 Å². The summed E-state index contributed by atoms with van der Waals surface area (Å²) in [5.41, 5.74) is 9.87. The highest BCUT2D eigenvalue weighted by Crippen LogP contribution is 2.38. The molecule has 1 aromatic carbocycles. The van der Waals surface area contributed by atoms with Gasteiger partial charge in [0.05, 0.1) is 38.0 Å². The molecule has 0 amide bonds. The van der Waals surface area contributed by atoms with Crippen LogP contribution in [0.2, 0.25) is 0 Å². The van der Waals surface area contributed by atoms with Crippen molar-refractivity contribution in [1.29, 1.82) is 0 Å². The van der Waals surface area contributed by atoms with Crippen LogP contribution >= 0.6 is 0 Å². The Morgan fingerprint density at radius 1 is 1.36 bits per heavy atom. The molecule has 1 aromatic rings. The first-order valence-electron chi connectivity index (χ1n) is 9.42. The molecular formula is C19H24N4O5. The Kier molecular flexibility index (Phi) is 6.60. The standard InChI is InChI=1S/C19H24N4O5/c1-3-26-19(24)18-17(14(22-28-18)11-21-23-20)12-8-9-15(25-2)16(10-12)27-13-6-4-5-7-13/h8-10,13,17-18H,3-7,11H2,1-2H3/t17-,18-/m1/s1. The van der Waals surface area contributed by atoms with Crippen LogP contribution in [0.5, 0.6) is 11.5 Å². The van der Waals surface area contributed by atoms with Crippen LogP contribution in [0.4, 0.5) is 0 Å². The average molecular weight is 388 g/mol. The molecular weight excluding hydrogens is 364 g/mol. The van der Waals surface area contributed by atoms with Crippen molar-refractivity contribution < 1.29 is 23.8 Å². The average Bonchev–Trinajstić information content (AvgIpc) is 3.36. The van der Waals surface area contributed by atoms with E-state index in [1.165, 1.54) is 0 Å². The van der Waals surface area contributed by atoms with Crippen molar-refractivity contribution in [2.75, 3.05) is 20.3 Å². The van der Waals surface area contributed by atoms with Crippen molar-refractivity contribution in [2.45, 2.75) is 50.7 Å². The second-order valence-corrected chi connectivity index (χ2v) is 6.66. The maximum atomic E-state index is 12.4. The minimum atomic E-state index is -0.934. The molecule has 3 rings (SSSR count). The van der Waals surface area contributed by atoms with Gasteiger partial charge in [-0.05, 0) is 55.8 Å². The first kappa shape index (κ1) is 19.8. The zero-order valence-corrected chi connectivity index (χ0v) is 16.0. The fourth-order valence-electron chi connectivity index (χ4n) is 3.58. The van der Waals surface area contributed by atoms with E-state index >= 15 is 0 Å². The molecule has 1 saturated carbocycles. The smallest absolute Gasteiger partial charge is 0.351 e. The summed E-state index contributed by atoms with van der Waals surface area (Å²) in [5.74, 6) is 0.197. The van der Waals surface area contributed by atoms with E-state index in [0.717, 1.165) is 31.2 Å². The monoisotopic (exact) mass is 388 g/mol. The lowest BCUT2D eigenvalue weighted by atomic mass is 9.89. The summed E-state index contributed by atoms with van der Waals surface area (Å²) in [6, 6.07) is 5.47. The molecule has 0 spiro atoms. The number of hydrogen-bond donors (Lipinski definition) is 0. The van der Waals surface area contributed by atoms with Crippen molar-refractivity contribution >= 4 is 11.7 Å². The highest BCUT2D eigenvalue weighted by Gasteiger charge is 2.41. The predicted molar refractivity (Wildman–Crippen MR) is 102 cm³/mol. The van der Waals surface area contributed by atoms with Gasteiger partial charge in [-0.3, -0.25) is 0 Å². The van der Waals surface area contributed by atoms with Crippen LogP contribution in [0.1, 0.15) is 44.1 Å². The van der Waals surface area contributed by atoms with Crippen LogP contribution in [-0.4, -0.2) is 44.2 Å². The lowest BCUT2D eigenvalue weighted by molar-refractivity contribution is -0.155. The Morgan fingerprint density at radius 3 is 2.82 bits per heavy atom. The summed E-state index contributed by atoms with van der Waals surface area (Å²) in [6.45, 7) is 1.96. The molecule has 0 aromatic heterocycles. The maximum Gasteiger partial charge on any atom is 0.351 e. The van der Waals surface area contributed by atoms with E-state index in [2.05, 4.69) is 15.2 Å². The van der Waals surface area contributed by atoms with Gasteiger partial charge in [0.15, 0.2) is 11.5 Å². The van der Waals surface area contributed by atoms with Gasteiger partial charge in [0, 0.05) is 4.91 Å². The van der Waals surface area contributed by atoms with Crippen LogP contribution in [0.25, 0.3) is 10.4 Å². The van der Waals surface area contributed by atoms with E-state index in [9.17, 15) is 4.79 Å². The number of nitrogens with zero attached hydrogens (tertiary/aromatic N) is 4. The lowest BCUT2D eigenvalue weighted by Crippen LogP contribution is -2.32. The molecule has 28 heavy (non-hydrogen) atoms. The molecule has 0 unspecified atom stereocenters. The highest BCUT2D eigenvalue weighted by molar-refractivity contribution is 5.98. The quantitative estimate of drug-likeness (QED) is 0.291. The van der Waals surface area contributed by atoms with Crippen molar-refractivity contribution in [2.24, 2.45) is 10.3 Å². The molecule has 9 heteroatoms. The largest absolute Gasteiger partial charge is 0.493 e. The van der Waals surface area contributed by atoms with Crippen LogP contribution in [-0.2, 0) is 14.4 Å². The third-order valence-corrected chi connectivity index (χ3v) is 4.90. The first-order valence-corrected chi connectivity index (χ1v) is 9.42. The number of carbonyl (C=O) groups is 1. The summed E-state index contributed by atoms with van der Waals surface area (Å²) in [6.07, 6.45) is 3.54. The second-order valence-electron chi connectivity index (χ2n) is 6.66. The van der Waals surface area contributed by atoms with Crippen molar-refractivity contribution in [3.05, 3.63) is 34.2 Å². The first-order chi connectivity index (χ1) is 13.7. The topological polar surface area (TPSA) is 115 Å². The molecule has 1 fully saturated rings. The van der Waals surface area contributed by atoms with Crippen molar-refractivity contribution in [1.82, 2.24) is 0 Å². The predicted octanol–water partition coefficient (Wildman–Crippen LogP) is 3.73. The Labute approximate surface area is 163 Å². The van der Waals surface area contributed by atoms with Crippen LogP contribution in [0.15, 0.2) is 28.5 Å². The van der Waals surface area contributed by atoms with Gasteiger partial charge in [0.1, 0.15) is 0 Å². The molecule has 2 aliphatic rings. The fourth-order valence-corrected chi connectivity index (χ4v) is 3.58. The SMILES string of the molecule is CCOC(=O)[C@@H]1ON=C(CN=[N+]=[N-])[C@H]1c1ccc(OC)c(OC2CCCC2)c1. The molecule has 1 aliphatic heterocycles. The van der Waals surface area contributed by atoms with Gasteiger partial charge < -0.3 is 19.0 Å². The summed E-state index contributed by atoms with van der Waals surface area (Å²) in [5, 5.41) is 7.54. The summed E-state index contributed by atoms with van der Waals surface area (Å²) in [4.78, 5) is 20.5. The molecule has 0 saturated heterocycles. The third kappa shape index (κ3) is 4.31. The van der Waals surface area contributed by atoms with Gasteiger partial charge in [0.2, 0.25) is 6.10 Å². The number of hydrogen-bond acceptors (Lipinski definition) is 7. The molecule has 150 valence electrons. The summed E-state index contributed by atoms with van der Waals surface area (Å²) >= 11 is 0. The van der Waals surface area contributed by atoms with E-state index in [0.29, 0.717) is 17.2 Å². The van der Waals surface area contributed by atoms with Gasteiger partial charge in [-0.15, -0.1) is 0 Å². The molecule has 1 heterocycles. The van der Waals surface area contributed by atoms with E-state index < -0.39 is 18.0 Å². The van der Waals surface area contributed by atoms with E-state index in [1.807, 2.05) is 12.1 Å². The lowest BCUT2D eigenvalue weighted by Gasteiger charge is -2.21. The molecule has 2 atom stereocenters. The van der Waals surface area contributed by atoms with Gasteiger partial charge in [0.25, 0.3) is 0 Å². The normalized spacial score (nSPS) is 21.4. The molecule has 0 N–H and O–H groups in total. The zero-order valence-electron chi connectivity index (χ0n) is 16.0. The Hall–Kier alpha value is -2.93. The highest BCUT2D eigenvalue weighted by atomic mass is 16.7. The molecule has 0 bridgehead atoms. The maximum absolute atomic E-state index is 12.4. The summed E-state index contributed by atoms with van der Waals surface area (Å²) in [7, 11) is 1.59. The van der Waals surface area contributed by atoms with Crippen LogP contribution in [0.3, 0.4) is 0 Å². The fraction of sp³-hybridized carbons (Fsp3) is 0.579. The number of methoxy groups -OCH3 is 1. The Bertz CT molecular complexity index is 785.